The number of furan rings is 1. The van der Waals surface area contributed by atoms with Crippen molar-refractivity contribution >= 4 is 22.8 Å². The first-order chi connectivity index (χ1) is 19.8. The molecule has 1 N–H and O–H groups in total. The topological polar surface area (TPSA) is 81.4 Å². The minimum atomic E-state index is -4.47. The molecule has 0 bridgehead atoms. The Kier molecular flexibility index (Phi) is 8.43. The monoisotopic (exact) mass is 580 g/mol. The van der Waals surface area contributed by atoms with Crippen LogP contribution in [0.15, 0.2) is 52.9 Å². The molecular weight excluding hydrogens is 552 g/mol. The molecular formula is C32H28F4N2O4. The van der Waals surface area contributed by atoms with E-state index >= 15 is 0 Å². The lowest BCUT2D eigenvalue weighted by molar-refractivity contribution is -0.134. The molecule has 0 radical (unpaired) electrons. The van der Waals surface area contributed by atoms with Crippen molar-refractivity contribution in [3.8, 4) is 40.5 Å². The molecule has 0 unspecified atom stereocenters. The molecule has 0 saturated heterocycles. The maximum Gasteiger partial charge on any atom is 0.389 e. The number of benzene rings is 2. The van der Waals surface area contributed by atoms with Crippen LogP contribution in [-0.4, -0.2) is 37.0 Å². The van der Waals surface area contributed by atoms with E-state index in [2.05, 4.69) is 16.2 Å². The maximum absolute atomic E-state index is 13.6. The van der Waals surface area contributed by atoms with Gasteiger partial charge in [0.25, 0.3) is 5.91 Å². The number of fused-ring (bicyclic) bond motifs is 1. The van der Waals surface area contributed by atoms with Gasteiger partial charge in [-0.1, -0.05) is 6.07 Å². The molecule has 0 atom stereocenters. The van der Waals surface area contributed by atoms with Crippen molar-refractivity contribution in [2.24, 2.45) is 5.41 Å². The minimum absolute atomic E-state index is 0.00507. The fourth-order valence-corrected chi connectivity index (χ4v) is 4.56. The summed E-state index contributed by atoms with van der Waals surface area (Å²) in [5, 5.41) is 2.77. The van der Waals surface area contributed by atoms with Gasteiger partial charge < -0.3 is 14.5 Å². The highest BCUT2D eigenvalue weighted by molar-refractivity contribution is 6.11. The number of pyridine rings is 1. The summed E-state index contributed by atoms with van der Waals surface area (Å²) in [4.78, 5) is 30.7. The van der Waals surface area contributed by atoms with E-state index < -0.39 is 36.2 Å². The van der Waals surface area contributed by atoms with Crippen LogP contribution >= 0.6 is 0 Å². The summed E-state index contributed by atoms with van der Waals surface area (Å²) in [6.45, 7) is 3.48. The second kappa shape index (κ2) is 11.7. The van der Waals surface area contributed by atoms with Crippen molar-refractivity contribution in [2.45, 2.75) is 39.3 Å². The van der Waals surface area contributed by atoms with Gasteiger partial charge in [-0.2, -0.15) is 13.2 Å². The molecule has 6 nitrogen and oxygen atoms in total. The maximum atomic E-state index is 13.6. The van der Waals surface area contributed by atoms with Crippen molar-refractivity contribution in [3.63, 3.8) is 0 Å². The van der Waals surface area contributed by atoms with E-state index in [-0.39, 0.29) is 57.2 Å². The van der Waals surface area contributed by atoms with E-state index in [1.54, 1.807) is 26.0 Å². The molecule has 0 spiro atoms. The quantitative estimate of drug-likeness (QED) is 0.127. The van der Waals surface area contributed by atoms with E-state index in [9.17, 15) is 27.2 Å². The highest BCUT2D eigenvalue weighted by atomic mass is 19.4. The van der Waals surface area contributed by atoms with Gasteiger partial charge in [0.05, 0.1) is 29.3 Å². The molecule has 218 valence electrons. The summed E-state index contributed by atoms with van der Waals surface area (Å²) >= 11 is 0. The molecule has 0 aliphatic rings. The number of Topliss-reactive ketones (excluding diaryl/α,β-unsaturated/α-hetero) is 1. The summed E-state index contributed by atoms with van der Waals surface area (Å²) in [7, 11) is 2.82. The lowest BCUT2D eigenvalue weighted by Crippen LogP contribution is -2.18. The molecule has 0 saturated carbocycles. The van der Waals surface area contributed by atoms with Crippen molar-refractivity contribution in [1.82, 2.24) is 10.3 Å². The number of ketones is 1. The van der Waals surface area contributed by atoms with Crippen molar-refractivity contribution in [2.75, 3.05) is 14.2 Å². The van der Waals surface area contributed by atoms with Crippen LogP contribution < -0.4 is 10.1 Å². The molecule has 0 aliphatic heterocycles. The van der Waals surface area contributed by atoms with Gasteiger partial charge >= 0.3 is 6.18 Å². The van der Waals surface area contributed by atoms with Crippen LogP contribution in [0.2, 0.25) is 0 Å². The Labute approximate surface area is 240 Å². The average molecular weight is 581 g/mol. The number of methoxy groups -OCH3 is 1. The number of amides is 1. The van der Waals surface area contributed by atoms with Gasteiger partial charge in [0, 0.05) is 36.4 Å². The smallest absolute Gasteiger partial charge is 0.389 e. The Morgan fingerprint density at radius 3 is 2.33 bits per heavy atom. The first-order valence-corrected chi connectivity index (χ1v) is 13.0. The van der Waals surface area contributed by atoms with Gasteiger partial charge in [-0.3, -0.25) is 9.59 Å². The van der Waals surface area contributed by atoms with Crippen molar-refractivity contribution < 1.29 is 36.3 Å². The van der Waals surface area contributed by atoms with Crippen LogP contribution in [0, 0.1) is 23.6 Å². The average Bonchev–Trinajstić information content (AvgIpc) is 3.32. The zero-order valence-electron chi connectivity index (χ0n) is 23.4. The number of terminal acetylenes is 1. The highest BCUT2D eigenvalue weighted by Crippen LogP contribution is 2.39. The van der Waals surface area contributed by atoms with Crippen molar-refractivity contribution in [1.29, 1.82) is 0 Å². The number of carbonyl (C=O) groups is 2. The third kappa shape index (κ3) is 6.46. The van der Waals surface area contributed by atoms with Crippen LogP contribution in [0.4, 0.5) is 17.6 Å². The number of aryl methyl sites for hydroxylation is 1. The fraction of sp³-hybridized carbons (Fsp3) is 0.281. The predicted molar refractivity (Wildman–Crippen MR) is 151 cm³/mol. The van der Waals surface area contributed by atoms with E-state index in [0.29, 0.717) is 11.1 Å². The summed E-state index contributed by atoms with van der Waals surface area (Å²) in [6.07, 6.45) is -0.541. The third-order valence-corrected chi connectivity index (χ3v) is 6.77. The molecule has 1 amide bonds. The number of ether oxygens (including phenoxy) is 1. The van der Waals surface area contributed by atoms with Gasteiger partial charge in [-0.15, -0.1) is 12.3 Å². The van der Waals surface area contributed by atoms with E-state index in [1.165, 1.54) is 50.6 Å². The summed E-state index contributed by atoms with van der Waals surface area (Å²) in [6, 6.07) is 11.4. The lowest BCUT2D eigenvalue weighted by Gasteiger charge is -2.18. The Hall–Kier alpha value is -4.65. The number of rotatable bonds is 9. The molecule has 2 heterocycles. The molecule has 4 aromatic rings. The number of alkyl halides is 3. The zero-order valence-corrected chi connectivity index (χ0v) is 23.4. The molecule has 2 aromatic carbocycles. The second-order valence-electron chi connectivity index (χ2n) is 10.4. The van der Waals surface area contributed by atoms with Gasteiger partial charge in [0.1, 0.15) is 17.3 Å². The van der Waals surface area contributed by atoms with Gasteiger partial charge in [0.15, 0.2) is 5.78 Å². The van der Waals surface area contributed by atoms with Gasteiger partial charge in [0.2, 0.25) is 5.71 Å². The van der Waals surface area contributed by atoms with Crippen LogP contribution in [0.1, 0.15) is 53.1 Å². The Morgan fingerprint density at radius 1 is 1.07 bits per heavy atom. The summed E-state index contributed by atoms with van der Waals surface area (Å²) in [5.41, 5.74) is 0.561. The molecule has 4 rings (SSSR count). The number of halogens is 4. The predicted octanol–water partition coefficient (Wildman–Crippen LogP) is 7.40. The highest BCUT2D eigenvalue weighted by Gasteiger charge is 2.30. The SMILES string of the molecule is C#CC(C)(C)CC(=O)c1cc(-c2cc3c(C(=O)NC)c(-c4ccc(F)cc4)oc3nc2CCC(F)(F)F)ccc1OC. The first-order valence-electron chi connectivity index (χ1n) is 13.0. The number of carbonyl (C=O) groups excluding carboxylic acids is 2. The largest absolute Gasteiger partial charge is 0.496 e. The molecule has 0 aliphatic carbocycles. The summed E-state index contributed by atoms with van der Waals surface area (Å²) < 4.78 is 64.8. The molecule has 10 heteroatoms. The standard InChI is InChI=1S/C32H28F4N2O4/c1-6-31(2,3)17-25(39)22-15-19(9-12-26(22)41-5)21-16-23-27(29(40)37-4)28(18-7-10-20(33)11-8-18)42-30(23)38-24(21)13-14-32(34,35)36/h1,7-12,15-16H,13-14,17H2,2-5H3,(H,37,40). The number of nitrogens with one attached hydrogen (secondary N) is 1. The van der Waals surface area contributed by atoms with E-state index in [1.807, 2.05) is 0 Å². The number of aromatic nitrogens is 1. The van der Waals surface area contributed by atoms with Crippen LogP contribution in [0.3, 0.4) is 0 Å². The van der Waals surface area contributed by atoms with Crippen LogP contribution in [0.5, 0.6) is 5.75 Å². The number of hydrogen-bond acceptors (Lipinski definition) is 5. The number of hydrogen-bond donors (Lipinski definition) is 1. The number of nitrogens with zero attached hydrogens (tertiary/aromatic N) is 1. The summed E-state index contributed by atoms with van der Waals surface area (Å²) in [5.74, 6) is 1.59. The Balaban J connectivity index is 1.97. The first kappa shape index (κ1) is 30.3. The molecule has 42 heavy (non-hydrogen) atoms. The van der Waals surface area contributed by atoms with Gasteiger partial charge in [-0.05, 0) is 68.3 Å². The second-order valence-corrected chi connectivity index (χ2v) is 10.4. The zero-order chi connectivity index (χ0) is 30.8. The van der Waals surface area contributed by atoms with Gasteiger partial charge in [-0.25, -0.2) is 9.37 Å². The van der Waals surface area contributed by atoms with Crippen LogP contribution in [-0.2, 0) is 6.42 Å². The molecule has 2 aromatic heterocycles. The third-order valence-electron chi connectivity index (χ3n) is 6.77. The normalized spacial score (nSPS) is 11.8. The Morgan fingerprint density at radius 2 is 1.74 bits per heavy atom. The van der Waals surface area contributed by atoms with Crippen molar-refractivity contribution in [3.05, 3.63) is 71.2 Å². The Bertz CT molecular complexity index is 1700. The lowest BCUT2D eigenvalue weighted by atomic mass is 9.85. The molecule has 0 fully saturated rings. The van der Waals surface area contributed by atoms with E-state index in [4.69, 9.17) is 15.6 Å². The fourth-order valence-electron chi connectivity index (χ4n) is 4.56. The minimum Gasteiger partial charge on any atom is -0.496 e. The van der Waals surface area contributed by atoms with E-state index in [0.717, 1.165) is 0 Å². The van der Waals surface area contributed by atoms with Crippen LogP contribution in [0.25, 0.3) is 33.6 Å².